The molecule has 0 fully saturated rings. The molecule has 2 aromatic heterocycles. The molecule has 0 amide bonds. The Morgan fingerprint density at radius 1 is 0.314 bits per heavy atom. The minimum atomic E-state index is 0.606. The van der Waals surface area contributed by atoms with Crippen molar-refractivity contribution in [3.63, 3.8) is 0 Å². The van der Waals surface area contributed by atoms with Gasteiger partial charge in [0.25, 0.3) is 0 Å². The van der Waals surface area contributed by atoms with Gasteiger partial charge in [0, 0.05) is 27.5 Å². The van der Waals surface area contributed by atoms with Gasteiger partial charge in [-0.1, -0.05) is 152 Å². The maximum absolute atomic E-state index is 6.40. The molecule has 10 aromatic rings. The van der Waals surface area contributed by atoms with Crippen molar-refractivity contribution in [2.45, 2.75) is 0 Å². The van der Waals surface area contributed by atoms with Gasteiger partial charge < -0.3 is 4.42 Å². The lowest BCUT2D eigenvalue weighted by atomic mass is 9.95. The summed E-state index contributed by atoms with van der Waals surface area (Å²) in [7, 11) is 0. The zero-order chi connectivity index (χ0) is 33.7. The first-order chi connectivity index (χ1) is 25.2. The third-order valence-corrected chi connectivity index (χ3v) is 9.73. The Morgan fingerprint density at radius 3 is 1.61 bits per heavy atom. The molecule has 0 N–H and O–H groups in total. The normalized spacial score (nSPS) is 11.5. The fraction of sp³-hybridized carbons (Fsp3) is 0. The predicted molar refractivity (Wildman–Crippen MR) is 209 cm³/mol. The van der Waals surface area contributed by atoms with Gasteiger partial charge in [-0.2, -0.15) is 0 Å². The standard InChI is InChI=1S/C47H29N3O/c1-3-11-33(12-4-1)45-48-46(34-13-5-2-6-14-34)50-47(49-45)40-16-9-17-43-44(40)41-29-36(25-27-42(41)51-43)31-20-18-30(19-21-31)35-24-26-39-37(28-35)23-22-32-10-7-8-15-38(32)39/h1-29H. The van der Waals surface area contributed by atoms with Crippen molar-refractivity contribution in [2.24, 2.45) is 0 Å². The number of fused-ring (bicyclic) bond motifs is 6. The van der Waals surface area contributed by atoms with Crippen LogP contribution >= 0.6 is 0 Å². The smallest absolute Gasteiger partial charge is 0.164 e. The monoisotopic (exact) mass is 651 g/mol. The molecule has 0 aliphatic carbocycles. The van der Waals surface area contributed by atoms with Gasteiger partial charge in [0.15, 0.2) is 17.5 Å². The summed E-state index contributed by atoms with van der Waals surface area (Å²) in [6.07, 6.45) is 0. The Hall–Kier alpha value is -6.91. The Labute approximate surface area is 294 Å². The van der Waals surface area contributed by atoms with Crippen LogP contribution in [0.25, 0.3) is 99.9 Å². The van der Waals surface area contributed by atoms with E-state index in [4.69, 9.17) is 19.4 Å². The van der Waals surface area contributed by atoms with Crippen molar-refractivity contribution in [2.75, 3.05) is 0 Å². The number of nitrogens with zero attached hydrogens (tertiary/aromatic N) is 3. The van der Waals surface area contributed by atoms with E-state index in [1.54, 1.807) is 0 Å². The molecule has 10 rings (SSSR count). The van der Waals surface area contributed by atoms with Crippen LogP contribution in [0.1, 0.15) is 0 Å². The maximum atomic E-state index is 6.40. The van der Waals surface area contributed by atoms with Crippen molar-refractivity contribution < 1.29 is 4.42 Å². The number of furan rings is 1. The number of rotatable bonds is 5. The second-order valence-electron chi connectivity index (χ2n) is 12.8. The van der Waals surface area contributed by atoms with E-state index < -0.39 is 0 Å². The third-order valence-electron chi connectivity index (χ3n) is 9.73. The van der Waals surface area contributed by atoms with Crippen LogP contribution in [0.15, 0.2) is 180 Å². The van der Waals surface area contributed by atoms with Crippen molar-refractivity contribution in [1.82, 2.24) is 15.0 Å². The summed E-state index contributed by atoms with van der Waals surface area (Å²) >= 11 is 0. The first kappa shape index (κ1) is 29.0. The van der Waals surface area contributed by atoms with E-state index in [0.29, 0.717) is 17.5 Å². The highest BCUT2D eigenvalue weighted by Gasteiger charge is 2.18. The average molecular weight is 652 g/mol. The van der Waals surface area contributed by atoms with Crippen molar-refractivity contribution >= 4 is 43.5 Å². The Balaban J connectivity index is 1.06. The van der Waals surface area contributed by atoms with Crippen LogP contribution in [0.4, 0.5) is 0 Å². The molecule has 4 nitrogen and oxygen atoms in total. The lowest BCUT2D eigenvalue weighted by Crippen LogP contribution is -2.00. The summed E-state index contributed by atoms with van der Waals surface area (Å²) in [5.41, 5.74) is 9.02. The van der Waals surface area contributed by atoms with Gasteiger partial charge in [-0.05, 0) is 68.1 Å². The van der Waals surface area contributed by atoms with Crippen molar-refractivity contribution in [1.29, 1.82) is 0 Å². The fourth-order valence-corrected chi connectivity index (χ4v) is 7.17. The molecule has 0 saturated heterocycles. The molecule has 51 heavy (non-hydrogen) atoms. The molecule has 8 aromatic carbocycles. The second-order valence-corrected chi connectivity index (χ2v) is 12.8. The molecule has 0 aliphatic heterocycles. The van der Waals surface area contributed by atoms with Crippen LogP contribution in [0, 0.1) is 0 Å². The van der Waals surface area contributed by atoms with E-state index in [1.807, 2.05) is 72.8 Å². The van der Waals surface area contributed by atoms with E-state index in [0.717, 1.165) is 49.8 Å². The van der Waals surface area contributed by atoms with Gasteiger partial charge in [0.2, 0.25) is 0 Å². The summed E-state index contributed by atoms with van der Waals surface area (Å²) < 4.78 is 6.40. The Bertz CT molecular complexity index is 2840. The molecular formula is C47H29N3O. The minimum absolute atomic E-state index is 0.606. The molecule has 0 radical (unpaired) electrons. The van der Waals surface area contributed by atoms with Crippen molar-refractivity contribution in [3.05, 3.63) is 176 Å². The quantitative estimate of drug-likeness (QED) is 0.174. The average Bonchev–Trinajstić information content (AvgIpc) is 3.59. The molecule has 238 valence electrons. The fourth-order valence-electron chi connectivity index (χ4n) is 7.17. The van der Waals surface area contributed by atoms with Crippen LogP contribution in [0.5, 0.6) is 0 Å². The minimum Gasteiger partial charge on any atom is -0.456 e. The molecule has 0 saturated carbocycles. The van der Waals surface area contributed by atoms with Gasteiger partial charge >= 0.3 is 0 Å². The summed E-state index contributed by atoms with van der Waals surface area (Å²) in [5, 5.41) is 7.07. The lowest BCUT2D eigenvalue weighted by molar-refractivity contribution is 0.669. The summed E-state index contributed by atoms with van der Waals surface area (Å²) in [4.78, 5) is 14.9. The summed E-state index contributed by atoms with van der Waals surface area (Å²) in [6.45, 7) is 0. The van der Waals surface area contributed by atoms with Gasteiger partial charge in [-0.15, -0.1) is 0 Å². The van der Waals surface area contributed by atoms with Gasteiger partial charge in [-0.25, -0.2) is 15.0 Å². The summed E-state index contributed by atoms with van der Waals surface area (Å²) in [6, 6.07) is 61.2. The first-order valence-electron chi connectivity index (χ1n) is 17.1. The topological polar surface area (TPSA) is 51.8 Å². The van der Waals surface area contributed by atoms with Gasteiger partial charge in [0.1, 0.15) is 11.2 Å². The number of hydrogen-bond donors (Lipinski definition) is 0. The highest BCUT2D eigenvalue weighted by atomic mass is 16.3. The van der Waals surface area contributed by atoms with E-state index in [2.05, 4.69) is 103 Å². The molecule has 2 heterocycles. The molecule has 0 bridgehead atoms. The van der Waals surface area contributed by atoms with Crippen LogP contribution in [-0.4, -0.2) is 15.0 Å². The maximum Gasteiger partial charge on any atom is 0.164 e. The molecule has 4 heteroatoms. The molecule has 0 aliphatic rings. The van der Waals surface area contributed by atoms with Crippen LogP contribution in [0.3, 0.4) is 0 Å². The van der Waals surface area contributed by atoms with Crippen molar-refractivity contribution in [3.8, 4) is 56.4 Å². The number of benzene rings is 8. The highest BCUT2D eigenvalue weighted by molar-refractivity contribution is 6.13. The molecular weight excluding hydrogens is 623 g/mol. The SMILES string of the molecule is c1ccc(-c2nc(-c3ccccc3)nc(-c3cccc4oc5ccc(-c6ccc(-c7ccc8c(ccc9ccccc98)c7)cc6)cc5c34)n2)cc1. The van der Waals surface area contributed by atoms with E-state index in [9.17, 15) is 0 Å². The number of aromatic nitrogens is 3. The molecule has 0 unspecified atom stereocenters. The van der Waals surface area contributed by atoms with E-state index in [-0.39, 0.29) is 0 Å². The zero-order valence-corrected chi connectivity index (χ0v) is 27.5. The predicted octanol–water partition coefficient (Wildman–Crippen LogP) is 12.4. The van der Waals surface area contributed by atoms with Gasteiger partial charge in [0.05, 0.1) is 0 Å². The first-order valence-corrected chi connectivity index (χ1v) is 17.1. The van der Waals surface area contributed by atoms with Crippen LogP contribution in [-0.2, 0) is 0 Å². The largest absolute Gasteiger partial charge is 0.456 e. The van der Waals surface area contributed by atoms with E-state index in [1.165, 1.54) is 32.7 Å². The summed E-state index contributed by atoms with van der Waals surface area (Å²) in [5.74, 6) is 1.86. The zero-order valence-electron chi connectivity index (χ0n) is 27.5. The Morgan fingerprint density at radius 2 is 0.882 bits per heavy atom. The van der Waals surface area contributed by atoms with Crippen LogP contribution < -0.4 is 0 Å². The van der Waals surface area contributed by atoms with E-state index >= 15 is 0 Å². The van der Waals surface area contributed by atoms with Gasteiger partial charge in [-0.3, -0.25) is 0 Å². The van der Waals surface area contributed by atoms with Crippen LogP contribution in [0.2, 0.25) is 0 Å². The lowest BCUT2D eigenvalue weighted by Gasteiger charge is -2.09. The third kappa shape index (κ3) is 5.13. The Kier molecular flexibility index (Phi) is 6.78. The highest BCUT2D eigenvalue weighted by Crippen LogP contribution is 2.39. The molecule has 0 spiro atoms. The second kappa shape index (κ2) is 11.9. The molecule has 0 atom stereocenters. The number of hydrogen-bond acceptors (Lipinski definition) is 4.